The second kappa shape index (κ2) is 7.46. The molecule has 1 aliphatic carbocycles. The predicted octanol–water partition coefficient (Wildman–Crippen LogP) is 2.79. The lowest BCUT2D eigenvalue weighted by Gasteiger charge is -2.42. The van der Waals surface area contributed by atoms with E-state index in [0.29, 0.717) is 44.6 Å². The van der Waals surface area contributed by atoms with Gasteiger partial charge in [0.25, 0.3) is 5.91 Å². The van der Waals surface area contributed by atoms with Gasteiger partial charge in [-0.1, -0.05) is 0 Å². The Kier molecular flexibility index (Phi) is 4.98. The Labute approximate surface area is 167 Å². The number of carbonyl (C=O) groups excluding carboxylic acids is 1. The first-order valence-electron chi connectivity index (χ1n) is 9.53. The predicted molar refractivity (Wildman–Crippen MR) is 102 cm³/mol. The molecule has 0 bridgehead atoms. The zero-order valence-corrected chi connectivity index (χ0v) is 15.9. The van der Waals surface area contributed by atoms with E-state index in [2.05, 4.69) is 16.5 Å². The van der Waals surface area contributed by atoms with Crippen molar-refractivity contribution >= 4 is 17.4 Å². The lowest BCUT2D eigenvalue weighted by Crippen LogP contribution is -2.45. The van der Waals surface area contributed by atoms with Gasteiger partial charge >= 0.3 is 0 Å². The third-order valence-corrected chi connectivity index (χ3v) is 5.74. The third-order valence-electron chi connectivity index (χ3n) is 5.74. The van der Waals surface area contributed by atoms with Gasteiger partial charge in [-0.25, -0.2) is 4.39 Å². The average Bonchev–Trinajstić information content (AvgIpc) is 3.34. The van der Waals surface area contributed by atoms with Crippen LogP contribution < -0.4 is 11.1 Å². The molecule has 2 heterocycles. The second-order valence-electron chi connectivity index (χ2n) is 7.50. The molecule has 1 amide bonds. The van der Waals surface area contributed by atoms with E-state index in [9.17, 15) is 14.4 Å². The molecule has 0 unspecified atom stereocenters. The molecule has 2 aliphatic rings. The van der Waals surface area contributed by atoms with E-state index in [1.807, 2.05) is 0 Å². The highest BCUT2D eigenvalue weighted by Gasteiger charge is 2.48. The number of hydrogen-bond donors (Lipinski definition) is 2. The van der Waals surface area contributed by atoms with Crippen LogP contribution in [0.25, 0.3) is 0 Å². The number of primary amides is 1. The molecule has 1 aliphatic heterocycles. The highest BCUT2D eigenvalue weighted by Crippen LogP contribution is 2.45. The van der Waals surface area contributed by atoms with Gasteiger partial charge in [-0.3, -0.25) is 9.48 Å². The molecule has 3 N–H and O–H groups in total. The number of aromatic nitrogens is 2. The molecule has 152 valence electrons. The molecule has 2 fully saturated rings. The van der Waals surface area contributed by atoms with Gasteiger partial charge in [0.05, 0.1) is 31.2 Å². The van der Waals surface area contributed by atoms with Crippen LogP contribution in [0.5, 0.6) is 0 Å². The fourth-order valence-corrected chi connectivity index (χ4v) is 4.08. The smallest absolute Gasteiger partial charge is 0.254 e. The van der Waals surface area contributed by atoms with Crippen LogP contribution in [0.3, 0.4) is 0 Å². The van der Waals surface area contributed by atoms with Crippen molar-refractivity contribution in [1.82, 2.24) is 9.78 Å². The summed E-state index contributed by atoms with van der Waals surface area (Å²) in [6, 6.07) is 7.96. The molecule has 1 saturated carbocycles. The molecule has 4 rings (SSSR count). The maximum absolute atomic E-state index is 13.2. The highest BCUT2D eigenvalue weighted by atomic mass is 19.1. The number of nitrogens with two attached hydrogens (primary N) is 1. The van der Waals surface area contributed by atoms with E-state index in [-0.39, 0.29) is 23.6 Å². The molecular formula is C20H22FN5O3. The minimum atomic E-state index is -0.636. The largest absolute Gasteiger partial charge is 0.365 e. The minimum absolute atomic E-state index is 0.209. The van der Waals surface area contributed by atoms with Crippen molar-refractivity contribution in [1.29, 1.82) is 5.26 Å². The van der Waals surface area contributed by atoms with Gasteiger partial charge < -0.3 is 20.5 Å². The van der Waals surface area contributed by atoms with Crippen LogP contribution in [-0.2, 0) is 15.0 Å². The summed E-state index contributed by atoms with van der Waals surface area (Å²) in [7, 11) is 0. The van der Waals surface area contributed by atoms with Gasteiger partial charge in [0.15, 0.2) is 11.6 Å². The number of anilines is 2. The topological polar surface area (TPSA) is 115 Å². The molecule has 1 aromatic carbocycles. The first kappa shape index (κ1) is 19.4. The van der Waals surface area contributed by atoms with Crippen LogP contribution >= 0.6 is 0 Å². The lowest BCUT2D eigenvalue weighted by atomic mass is 9.77. The zero-order chi connectivity index (χ0) is 20.5. The summed E-state index contributed by atoms with van der Waals surface area (Å²) in [5.74, 6) is -1.30. The van der Waals surface area contributed by atoms with Crippen molar-refractivity contribution in [3.8, 4) is 6.07 Å². The van der Waals surface area contributed by atoms with Crippen molar-refractivity contribution in [3.05, 3.63) is 41.8 Å². The van der Waals surface area contributed by atoms with E-state index >= 15 is 0 Å². The maximum Gasteiger partial charge on any atom is 0.254 e. The summed E-state index contributed by atoms with van der Waals surface area (Å²) in [6.45, 7) is 1.15. The number of carbonyl (C=O) groups is 1. The number of ether oxygens (including phenoxy) is 2. The first-order chi connectivity index (χ1) is 14.0. The molecule has 1 spiro atoms. The summed E-state index contributed by atoms with van der Waals surface area (Å²) in [4.78, 5) is 12.0. The normalized spacial score (nSPS) is 19.7. The van der Waals surface area contributed by atoms with Crippen LogP contribution in [0.4, 0.5) is 15.9 Å². The fraction of sp³-hybridized carbons (Fsp3) is 0.450. The van der Waals surface area contributed by atoms with E-state index in [0.717, 1.165) is 0 Å². The number of halogens is 1. The summed E-state index contributed by atoms with van der Waals surface area (Å²) in [6.07, 6.45) is 4.34. The van der Waals surface area contributed by atoms with Crippen LogP contribution in [0, 0.1) is 17.1 Å². The Morgan fingerprint density at radius 3 is 2.48 bits per heavy atom. The number of nitriles is 1. The van der Waals surface area contributed by atoms with E-state index in [4.69, 9.17) is 15.2 Å². The Bertz CT molecular complexity index is 934. The monoisotopic (exact) mass is 399 g/mol. The summed E-state index contributed by atoms with van der Waals surface area (Å²) >= 11 is 0. The summed E-state index contributed by atoms with van der Waals surface area (Å²) < 4.78 is 26.4. The van der Waals surface area contributed by atoms with E-state index in [1.165, 1.54) is 12.1 Å². The number of nitrogens with one attached hydrogen (secondary N) is 1. The molecule has 2 aromatic rings. The van der Waals surface area contributed by atoms with Crippen molar-refractivity contribution in [3.63, 3.8) is 0 Å². The molecule has 1 saturated heterocycles. The Morgan fingerprint density at radius 2 is 1.90 bits per heavy atom. The first-order valence-corrected chi connectivity index (χ1v) is 9.53. The quantitative estimate of drug-likeness (QED) is 0.799. The number of amides is 1. The summed E-state index contributed by atoms with van der Waals surface area (Å²) in [5.41, 5.74) is 5.75. The van der Waals surface area contributed by atoms with Gasteiger partial charge in [0.1, 0.15) is 11.4 Å². The van der Waals surface area contributed by atoms with Crippen molar-refractivity contribution in [2.75, 3.05) is 18.5 Å². The van der Waals surface area contributed by atoms with Gasteiger partial charge in [0.2, 0.25) is 0 Å². The minimum Gasteiger partial charge on any atom is -0.365 e. The van der Waals surface area contributed by atoms with E-state index < -0.39 is 17.2 Å². The van der Waals surface area contributed by atoms with Gasteiger partial charge in [-0.05, 0) is 37.1 Å². The average molecular weight is 399 g/mol. The van der Waals surface area contributed by atoms with Gasteiger partial charge in [-0.15, -0.1) is 0 Å². The molecule has 0 atom stereocenters. The van der Waals surface area contributed by atoms with Crippen molar-refractivity contribution < 1.29 is 18.7 Å². The van der Waals surface area contributed by atoms with E-state index in [1.54, 1.807) is 23.0 Å². The zero-order valence-electron chi connectivity index (χ0n) is 15.9. The molecule has 9 heteroatoms. The Hall–Kier alpha value is -2.96. The molecule has 0 radical (unpaired) electrons. The van der Waals surface area contributed by atoms with Crippen LogP contribution in [-0.4, -0.2) is 34.7 Å². The third kappa shape index (κ3) is 3.69. The number of benzene rings is 1. The molecular weight excluding hydrogens is 377 g/mol. The number of rotatable bonds is 5. The van der Waals surface area contributed by atoms with Crippen LogP contribution in [0.1, 0.15) is 42.5 Å². The Balaban J connectivity index is 1.64. The lowest BCUT2D eigenvalue weighted by molar-refractivity contribution is -0.190. The highest BCUT2D eigenvalue weighted by molar-refractivity contribution is 5.98. The SMILES string of the molecule is N#CCC1(n2cc(C(N)=O)c(Nc3ccc(F)cc3)n2)CCC2(CC1)OCCO2. The maximum atomic E-state index is 13.2. The Morgan fingerprint density at radius 1 is 1.24 bits per heavy atom. The molecule has 1 aromatic heterocycles. The van der Waals surface area contributed by atoms with Crippen LogP contribution in [0.2, 0.25) is 0 Å². The number of nitrogens with zero attached hydrogens (tertiary/aromatic N) is 3. The number of hydrogen-bond acceptors (Lipinski definition) is 6. The molecule has 8 nitrogen and oxygen atoms in total. The van der Waals surface area contributed by atoms with Gasteiger partial charge in [-0.2, -0.15) is 10.4 Å². The van der Waals surface area contributed by atoms with Crippen molar-refractivity contribution in [2.24, 2.45) is 5.73 Å². The second-order valence-corrected chi connectivity index (χ2v) is 7.50. The van der Waals surface area contributed by atoms with Crippen molar-refractivity contribution in [2.45, 2.75) is 43.4 Å². The van der Waals surface area contributed by atoms with Crippen LogP contribution in [0.15, 0.2) is 30.5 Å². The fourth-order valence-electron chi connectivity index (χ4n) is 4.08. The standard InChI is InChI=1S/C20H22FN5O3/c21-14-1-3-15(4-2-14)24-18-16(17(23)27)13-26(25-18)19(9-10-22)5-7-20(8-6-19)28-11-12-29-20/h1-4,13H,5-9,11-12H2,(H2,23,27)(H,24,25). The van der Waals surface area contributed by atoms with Gasteiger partial charge in [0, 0.05) is 24.7 Å². The summed E-state index contributed by atoms with van der Waals surface area (Å²) in [5, 5.41) is 17.0. The molecule has 29 heavy (non-hydrogen) atoms.